The molecule has 0 heterocycles. The molecule has 0 radical (unpaired) electrons. The van der Waals surface area contributed by atoms with Crippen molar-refractivity contribution in [3.05, 3.63) is 12.2 Å². The van der Waals surface area contributed by atoms with Crippen LogP contribution in [-0.2, 0) is 4.79 Å². The molecule has 1 atom stereocenters. The number of hydrogen-bond donors (Lipinski definition) is 2. The molecule has 0 aliphatic carbocycles. The van der Waals surface area contributed by atoms with Gasteiger partial charge in [0.15, 0.2) is 0 Å². The van der Waals surface area contributed by atoms with Gasteiger partial charge in [-0.1, -0.05) is 5.57 Å². The van der Waals surface area contributed by atoms with E-state index in [-0.39, 0.29) is 5.92 Å². The van der Waals surface area contributed by atoms with Gasteiger partial charge in [0.05, 0.1) is 5.92 Å². The summed E-state index contributed by atoms with van der Waals surface area (Å²) < 4.78 is 0. The normalized spacial score (nSPS) is 12.5. The molecule has 0 spiro atoms. The fourth-order valence-corrected chi connectivity index (χ4v) is 1.10. The monoisotopic (exact) mass is 171 g/mol. The number of rotatable bonds is 6. The fourth-order valence-electron chi connectivity index (χ4n) is 1.10. The molecule has 70 valence electrons. The van der Waals surface area contributed by atoms with Crippen molar-refractivity contribution in [3.63, 3.8) is 0 Å². The molecule has 0 fully saturated rings. The van der Waals surface area contributed by atoms with E-state index in [9.17, 15) is 4.79 Å². The summed E-state index contributed by atoms with van der Waals surface area (Å²) in [5, 5.41) is 8.77. The Bertz CT molecular complexity index is 166. The van der Waals surface area contributed by atoms with E-state index in [4.69, 9.17) is 10.8 Å². The first kappa shape index (κ1) is 11.2. The Morgan fingerprint density at radius 2 is 2.25 bits per heavy atom. The Hall–Kier alpha value is -0.830. The second kappa shape index (κ2) is 5.77. The largest absolute Gasteiger partial charge is 0.481 e. The Morgan fingerprint density at radius 1 is 1.67 bits per heavy atom. The molecule has 0 aromatic heterocycles. The lowest BCUT2D eigenvalue weighted by molar-refractivity contribution is -0.141. The molecule has 0 saturated carbocycles. The molecule has 3 heteroatoms. The molecule has 0 amide bonds. The quantitative estimate of drug-likeness (QED) is 0.594. The van der Waals surface area contributed by atoms with E-state index in [0.717, 1.165) is 12.0 Å². The van der Waals surface area contributed by atoms with Gasteiger partial charge in [-0.15, -0.1) is 6.58 Å². The molecule has 1 unspecified atom stereocenters. The van der Waals surface area contributed by atoms with E-state index < -0.39 is 5.97 Å². The summed E-state index contributed by atoms with van der Waals surface area (Å²) in [6, 6.07) is 0. The molecule has 0 aromatic carbocycles. The number of hydrogen-bond acceptors (Lipinski definition) is 2. The Morgan fingerprint density at radius 3 is 2.58 bits per heavy atom. The van der Waals surface area contributed by atoms with Crippen LogP contribution < -0.4 is 5.73 Å². The minimum atomic E-state index is -0.744. The average Bonchev–Trinajstić information content (AvgIpc) is 1.96. The highest BCUT2D eigenvalue weighted by molar-refractivity contribution is 5.70. The first-order chi connectivity index (χ1) is 5.57. The van der Waals surface area contributed by atoms with Crippen LogP contribution in [0.1, 0.15) is 26.2 Å². The van der Waals surface area contributed by atoms with E-state index in [0.29, 0.717) is 19.4 Å². The van der Waals surface area contributed by atoms with Gasteiger partial charge in [0, 0.05) is 0 Å². The second-order valence-corrected chi connectivity index (χ2v) is 3.13. The molecule has 0 aliphatic rings. The van der Waals surface area contributed by atoms with Crippen molar-refractivity contribution >= 4 is 5.97 Å². The van der Waals surface area contributed by atoms with Crippen molar-refractivity contribution in [3.8, 4) is 0 Å². The number of carboxylic acids is 1. The fraction of sp³-hybridized carbons (Fsp3) is 0.667. The first-order valence-corrected chi connectivity index (χ1v) is 4.15. The van der Waals surface area contributed by atoms with E-state index in [1.165, 1.54) is 0 Å². The summed E-state index contributed by atoms with van der Waals surface area (Å²) in [5.41, 5.74) is 6.21. The Kier molecular flexibility index (Phi) is 5.37. The van der Waals surface area contributed by atoms with Crippen molar-refractivity contribution in [2.24, 2.45) is 11.7 Å². The van der Waals surface area contributed by atoms with Gasteiger partial charge in [-0.3, -0.25) is 4.79 Å². The van der Waals surface area contributed by atoms with Crippen molar-refractivity contribution in [1.82, 2.24) is 0 Å². The summed E-state index contributed by atoms with van der Waals surface area (Å²) in [5.74, 6) is -1.04. The molecule has 3 N–H and O–H groups in total. The first-order valence-electron chi connectivity index (χ1n) is 4.15. The SMILES string of the molecule is C=C(C)CC(CCCN)C(=O)O. The third-order valence-electron chi connectivity index (χ3n) is 1.70. The van der Waals surface area contributed by atoms with Gasteiger partial charge in [0.1, 0.15) is 0 Å². The number of nitrogens with two attached hydrogens (primary N) is 1. The number of carbonyl (C=O) groups is 1. The van der Waals surface area contributed by atoms with Crippen molar-refractivity contribution < 1.29 is 9.90 Å². The zero-order valence-corrected chi connectivity index (χ0v) is 7.55. The number of carboxylic acid groups (broad SMARTS) is 1. The van der Waals surface area contributed by atoms with Crippen LogP contribution in [0.15, 0.2) is 12.2 Å². The van der Waals surface area contributed by atoms with Gasteiger partial charge >= 0.3 is 5.97 Å². The Balaban J connectivity index is 3.87. The third kappa shape index (κ3) is 4.91. The maximum absolute atomic E-state index is 10.7. The highest BCUT2D eigenvalue weighted by atomic mass is 16.4. The molecule has 0 aliphatic heterocycles. The van der Waals surface area contributed by atoms with Crippen LogP contribution in [0.2, 0.25) is 0 Å². The molecule has 0 aromatic rings. The molecule has 3 nitrogen and oxygen atoms in total. The summed E-state index contributed by atoms with van der Waals surface area (Å²) in [6.45, 7) is 6.09. The molecular formula is C9H17NO2. The molecular weight excluding hydrogens is 154 g/mol. The smallest absolute Gasteiger partial charge is 0.306 e. The van der Waals surface area contributed by atoms with Gasteiger partial charge < -0.3 is 10.8 Å². The highest BCUT2D eigenvalue weighted by Crippen LogP contribution is 2.15. The lowest BCUT2D eigenvalue weighted by atomic mass is 9.96. The number of aliphatic carboxylic acids is 1. The van der Waals surface area contributed by atoms with Gasteiger partial charge in [-0.05, 0) is 32.7 Å². The van der Waals surface area contributed by atoms with Crippen LogP contribution in [0, 0.1) is 5.92 Å². The maximum atomic E-state index is 10.7. The minimum Gasteiger partial charge on any atom is -0.481 e. The second-order valence-electron chi connectivity index (χ2n) is 3.13. The Labute approximate surface area is 73.3 Å². The standard InChI is InChI=1S/C9H17NO2/c1-7(2)6-8(9(11)12)4-3-5-10/h8H,1,3-6,10H2,2H3,(H,11,12). The molecule has 12 heavy (non-hydrogen) atoms. The van der Waals surface area contributed by atoms with E-state index >= 15 is 0 Å². The summed E-state index contributed by atoms with van der Waals surface area (Å²) in [4.78, 5) is 10.7. The van der Waals surface area contributed by atoms with Crippen LogP contribution in [0.3, 0.4) is 0 Å². The molecule has 0 bridgehead atoms. The summed E-state index contributed by atoms with van der Waals surface area (Å²) >= 11 is 0. The average molecular weight is 171 g/mol. The van der Waals surface area contributed by atoms with E-state index in [1.807, 2.05) is 6.92 Å². The van der Waals surface area contributed by atoms with Gasteiger partial charge in [0.25, 0.3) is 0 Å². The minimum absolute atomic E-state index is 0.300. The zero-order chi connectivity index (χ0) is 9.56. The lowest BCUT2D eigenvalue weighted by Crippen LogP contribution is -2.15. The predicted molar refractivity (Wildman–Crippen MR) is 48.8 cm³/mol. The third-order valence-corrected chi connectivity index (χ3v) is 1.70. The summed E-state index contributed by atoms with van der Waals surface area (Å²) in [6.07, 6.45) is 1.98. The molecule has 0 rings (SSSR count). The van der Waals surface area contributed by atoms with E-state index in [2.05, 4.69) is 6.58 Å². The van der Waals surface area contributed by atoms with Gasteiger partial charge in [0.2, 0.25) is 0 Å². The van der Waals surface area contributed by atoms with Crippen LogP contribution in [0.25, 0.3) is 0 Å². The zero-order valence-electron chi connectivity index (χ0n) is 7.55. The van der Waals surface area contributed by atoms with E-state index in [1.54, 1.807) is 0 Å². The van der Waals surface area contributed by atoms with Crippen molar-refractivity contribution in [1.29, 1.82) is 0 Å². The van der Waals surface area contributed by atoms with Crippen LogP contribution in [0.5, 0.6) is 0 Å². The van der Waals surface area contributed by atoms with Crippen molar-refractivity contribution in [2.45, 2.75) is 26.2 Å². The molecule has 0 saturated heterocycles. The van der Waals surface area contributed by atoms with Gasteiger partial charge in [-0.25, -0.2) is 0 Å². The predicted octanol–water partition coefficient (Wildman–Crippen LogP) is 1.39. The lowest BCUT2D eigenvalue weighted by Gasteiger charge is -2.10. The van der Waals surface area contributed by atoms with Gasteiger partial charge in [-0.2, -0.15) is 0 Å². The van der Waals surface area contributed by atoms with Crippen LogP contribution >= 0.6 is 0 Å². The van der Waals surface area contributed by atoms with Crippen molar-refractivity contribution in [2.75, 3.05) is 6.54 Å². The topological polar surface area (TPSA) is 63.3 Å². The number of allylic oxidation sites excluding steroid dienone is 1. The highest BCUT2D eigenvalue weighted by Gasteiger charge is 2.16. The van der Waals surface area contributed by atoms with Crippen LogP contribution in [-0.4, -0.2) is 17.6 Å². The van der Waals surface area contributed by atoms with Crippen LogP contribution in [0.4, 0.5) is 0 Å². The maximum Gasteiger partial charge on any atom is 0.306 e. The summed E-state index contributed by atoms with van der Waals surface area (Å²) in [7, 11) is 0.